The predicted octanol–water partition coefficient (Wildman–Crippen LogP) is 1.97. The summed E-state index contributed by atoms with van der Waals surface area (Å²) in [4.78, 5) is 2.28. The fraction of sp³-hybridized carbons (Fsp3) is 0.462. The molecule has 77 valence electrons. The molecule has 0 unspecified atom stereocenters. The van der Waals surface area contributed by atoms with Gasteiger partial charge in [-0.3, -0.25) is 0 Å². The molecule has 2 nitrogen and oxygen atoms in total. The molecule has 0 bridgehead atoms. The molecule has 1 aliphatic rings. The van der Waals surface area contributed by atoms with E-state index in [9.17, 15) is 5.26 Å². The molecule has 0 aromatic heterocycles. The molecule has 1 aromatic carbocycles. The number of hydrogen-bond donors (Lipinski definition) is 0. The van der Waals surface area contributed by atoms with Crippen molar-refractivity contribution in [1.82, 2.24) is 4.90 Å². The maximum absolute atomic E-state index is 9.40. The van der Waals surface area contributed by atoms with Crippen molar-refractivity contribution in [3.8, 4) is 6.07 Å². The summed E-state index contributed by atoms with van der Waals surface area (Å²) >= 11 is 0. The zero-order chi connectivity index (χ0) is 10.7. The van der Waals surface area contributed by atoms with Gasteiger partial charge in [0.25, 0.3) is 0 Å². The van der Waals surface area contributed by atoms with E-state index in [-0.39, 0.29) is 5.41 Å². The standard InChI is InChI=1S/C13H15N2/c1-15-9-7-13(11-14,8-10-15)12-5-3-2-4-6-12/h3-6H,7-10H2,1H3. The van der Waals surface area contributed by atoms with Crippen LogP contribution in [0, 0.1) is 17.4 Å². The molecule has 1 aromatic rings. The Balaban J connectivity index is 2.28. The highest BCUT2D eigenvalue weighted by atomic mass is 15.1. The van der Waals surface area contributed by atoms with Crippen LogP contribution in [-0.2, 0) is 5.41 Å². The topological polar surface area (TPSA) is 27.0 Å². The van der Waals surface area contributed by atoms with E-state index >= 15 is 0 Å². The van der Waals surface area contributed by atoms with E-state index < -0.39 is 0 Å². The second-order valence-corrected chi connectivity index (χ2v) is 4.29. The first-order valence-electron chi connectivity index (χ1n) is 5.33. The molecule has 0 saturated carbocycles. The molecule has 15 heavy (non-hydrogen) atoms. The van der Waals surface area contributed by atoms with Gasteiger partial charge < -0.3 is 4.90 Å². The van der Waals surface area contributed by atoms with Crippen LogP contribution < -0.4 is 0 Å². The lowest BCUT2D eigenvalue weighted by atomic mass is 9.74. The summed E-state index contributed by atoms with van der Waals surface area (Å²) in [7, 11) is 2.11. The number of benzene rings is 1. The van der Waals surface area contributed by atoms with Crippen LogP contribution in [0.5, 0.6) is 0 Å². The maximum atomic E-state index is 9.40. The zero-order valence-electron chi connectivity index (χ0n) is 9.03. The summed E-state index contributed by atoms with van der Waals surface area (Å²) < 4.78 is 0. The third-order valence-corrected chi connectivity index (χ3v) is 3.33. The van der Waals surface area contributed by atoms with Gasteiger partial charge in [0, 0.05) is 0 Å². The molecule has 1 saturated heterocycles. The van der Waals surface area contributed by atoms with Gasteiger partial charge in [-0.1, -0.05) is 24.3 Å². The zero-order valence-corrected chi connectivity index (χ0v) is 9.03. The van der Waals surface area contributed by atoms with Gasteiger partial charge in [-0.15, -0.1) is 0 Å². The van der Waals surface area contributed by atoms with Crippen LogP contribution >= 0.6 is 0 Å². The number of hydrogen-bond acceptors (Lipinski definition) is 2. The number of likely N-dealkylation sites (tertiary alicyclic amines) is 1. The Hall–Kier alpha value is -1.33. The number of nitrogens with zero attached hydrogens (tertiary/aromatic N) is 2. The molecule has 1 aliphatic heterocycles. The van der Waals surface area contributed by atoms with E-state index in [0.29, 0.717) is 0 Å². The lowest BCUT2D eigenvalue weighted by Crippen LogP contribution is -2.39. The van der Waals surface area contributed by atoms with Crippen molar-refractivity contribution in [2.75, 3.05) is 20.1 Å². The van der Waals surface area contributed by atoms with Gasteiger partial charge in [-0.2, -0.15) is 5.26 Å². The Morgan fingerprint density at radius 2 is 1.93 bits per heavy atom. The van der Waals surface area contributed by atoms with Crippen molar-refractivity contribution in [2.45, 2.75) is 18.3 Å². The van der Waals surface area contributed by atoms with Crippen LogP contribution in [0.25, 0.3) is 0 Å². The fourth-order valence-corrected chi connectivity index (χ4v) is 2.17. The number of nitriles is 1. The van der Waals surface area contributed by atoms with Crippen LogP contribution in [0.15, 0.2) is 24.3 Å². The van der Waals surface area contributed by atoms with Crippen molar-refractivity contribution >= 4 is 0 Å². The van der Waals surface area contributed by atoms with E-state index in [1.54, 1.807) is 0 Å². The Morgan fingerprint density at radius 3 is 2.47 bits per heavy atom. The van der Waals surface area contributed by atoms with Crippen molar-refractivity contribution < 1.29 is 0 Å². The third-order valence-electron chi connectivity index (χ3n) is 3.33. The van der Waals surface area contributed by atoms with Gasteiger partial charge in [0.2, 0.25) is 0 Å². The van der Waals surface area contributed by atoms with Crippen molar-refractivity contribution in [3.05, 3.63) is 35.9 Å². The molecule has 0 atom stereocenters. The predicted molar refractivity (Wildman–Crippen MR) is 59.3 cm³/mol. The maximum Gasteiger partial charge on any atom is 0.0846 e. The minimum Gasteiger partial charge on any atom is -0.306 e. The summed E-state index contributed by atoms with van der Waals surface area (Å²) in [6.45, 7) is 2.01. The van der Waals surface area contributed by atoms with Crippen LogP contribution in [-0.4, -0.2) is 25.0 Å². The minimum atomic E-state index is -0.262. The van der Waals surface area contributed by atoms with Crippen LogP contribution in [0.4, 0.5) is 0 Å². The van der Waals surface area contributed by atoms with Gasteiger partial charge in [-0.05, 0) is 44.6 Å². The first-order valence-corrected chi connectivity index (χ1v) is 5.33. The van der Waals surface area contributed by atoms with Gasteiger partial charge in [0.05, 0.1) is 11.5 Å². The molecule has 0 spiro atoms. The highest BCUT2D eigenvalue weighted by Crippen LogP contribution is 2.34. The molecular formula is C13H15N2. The average molecular weight is 199 g/mol. The summed E-state index contributed by atoms with van der Waals surface area (Å²) in [5.41, 5.74) is 0.888. The van der Waals surface area contributed by atoms with Gasteiger partial charge in [0.15, 0.2) is 0 Å². The summed E-state index contributed by atoms with van der Waals surface area (Å²) in [6.07, 6.45) is 1.87. The van der Waals surface area contributed by atoms with Crippen LogP contribution in [0.3, 0.4) is 0 Å². The molecule has 1 radical (unpaired) electrons. The molecule has 0 N–H and O–H groups in total. The first kappa shape index (κ1) is 10.2. The number of rotatable bonds is 1. The van der Waals surface area contributed by atoms with Crippen LogP contribution in [0.1, 0.15) is 18.4 Å². The van der Waals surface area contributed by atoms with E-state index in [0.717, 1.165) is 31.5 Å². The summed E-state index contributed by atoms with van der Waals surface area (Å²) in [5.74, 6) is 0. The SMILES string of the molecule is CN1CCC(C#N)(c2cc[c]cc2)CC1. The Labute approximate surface area is 91.1 Å². The quantitative estimate of drug-likeness (QED) is 0.691. The smallest absolute Gasteiger partial charge is 0.0846 e. The highest BCUT2D eigenvalue weighted by Gasteiger charge is 2.35. The molecule has 1 heterocycles. The minimum absolute atomic E-state index is 0.262. The van der Waals surface area contributed by atoms with E-state index in [1.807, 2.05) is 24.3 Å². The largest absolute Gasteiger partial charge is 0.306 e. The van der Waals surface area contributed by atoms with Crippen molar-refractivity contribution in [1.29, 1.82) is 5.26 Å². The summed E-state index contributed by atoms with van der Waals surface area (Å²) in [6, 6.07) is 13.4. The van der Waals surface area contributed by atoms with Crippen LogP contribution in [0.2, 0.25) is 0 Å². The third kappa shape index (κ3) is 1.88. The summed E-state index contributed by atoms with van der Waals surface area (Å²) in [5, 5.41) is 9.40. The molecular weight excluding hydrogens is 184 g/mol. The Morgan fingerprint density at radius 1 is 1.33 bits per heavy atom. The molecule has 0 amide bonds. The molecule has 1 fully saturated rings. The molecule has 2 heteroatoms. The second kappa shape index (κ2) is 4.04. The fourth-order valence-electron chi connectivity index (χ4n) is 2.17. The lowest BCUT2D eigenvalue weighted by molar-refractivity contribution is 0.222. The van der Waals surface area contributed by atoms with Gasteiger partial charge in [-0.25, -0.2) is 0 Å². The second-order valence-electron chi connectivity index (χ2n) is 4.29. The Kier molecular flexibility index (Phi) is 2.75. The molecule has 0 aliphatic carbocycles. The molecule has 2 rings (SSSR count). The van der Waals surface area contributed by atoms with Crippen molar-refractivity contribution in [3.63, 3.8) is 0 Å². The van der Waals surface area contributed by atoms with Crippen molar-refractivity contribution in [2.24, 2.45) is 0 Å². The average Bonchev–Trinajstić information content (AvgIpc) is 2.32. The van der Waals surface area contributed by atoms with E-state index in [2.05, 4.69) is 24.1 Å². The van der Waals surface area contributed by atoms with E-state index in [4.69, 9.17) is 0 Å². The highest BCUT2D eigenvalue weighted by molar-refractivity contribution is 5.32. The van der Waals surface area contributed by atoms with Gasteiger partial charge >= 0.3 is 0 Å². The number of piperidine rings is 1. The van der Waals surface area contributed by atoms with Gasteiger partial charge in [0.1, 0.15) is 0 Å². The van der Waals surface area contributed by atoms with E-state index in [1.165, 1.54) is 0 Å². The normalized spacial score (nSPS) is 20.8. The monoisotopic (exact) mass is 199 g/mol. The Bertz CT molecular complexity index is 356. The first-order chi connectivity index (χ1) is 7.27. The lowest BCUT2D eigenvalue weighted by Gasteiger charge is -2.35.